The molecule has 0 bridgehead atoms. The minimum atomic E-state index is 1.75. The van der Waals surface area contributed by atoms with Crippen molar-refractivity contribution in [3.63, 3.8) is 0 Å². The Kier molecular flexibility index (Phi) is 6.10. The maximum Gasteiger partial charge on any atom is 0.214 e. The second-order valence-electron chi connectivity index (χ2n) is 1.02. The van der Waals surface area contributed by atoms with Crippen molar-refractivity contribution in [1.82, 2.24) is 4.98 Å². The molecule has 0 fully saturated rings. The second-order valence-corrected chi connectivity index (χ2v) is 1.02. The number of hydrogen-bond donors (Lipinski definition) is 0. The summed E-state index contributed by atoms with van der Waals surface area (Å²) in [5, 5.41) is 0. The van der Waals surface area contributed by atoms with Gasteiger partial charge in [0.1, 0.15) is 0 Å². The Morgan fingerprint density at radius 1 is 1.00 bits per heavy atom. The zero-order chi connectivity index (χ0) is 6.24. The van der Waals surface area contributed by atoms with Crippen molar-refractivity contribution in [1.29, 1.82) is 0 Å². The van der Waals surface area contributed by atoms with E-state index in [2.05, 4.69) is 23.7 Å². The van der Waals surface area contributed by atoms with Gasteiger partial charge in [0.15, 0.2) is 0 Å². The molecule has 0 spiro atoms. The summed E-state index contributed by atoms with van der Waals surface area (Å²) in [6, 6.07) is 5.72. The van der Waals surface area contributed by atoms with Crippen LogP contribution in [0.2, 0.25) is 0 Å². The Bertz CT molecular complexity index is 84.4. The van der Waals surface area contributed by atoms with Gasteiger partial charge in [-0.2, -0.15) is 0 Å². The molecule has 0 aliphatic rings. The number of rotatable bonds is 0. The zero-order valence-corrected chi connectivity index (χ0v) is 5.05. The van der Waals surface area contributed by atoms with Crippen molar-refractivity contribution in [3.05, 3.63) is 30.6 Å². The van der Waals surface area contributed by atoms with Crippen LogP contribution in [-0.4, -0.2) is 12.2 Å². The SMILES string of the molecule is [B]Cl.c1ccncc1. The van der Waals surface area contributed by atoms with Crippen LogP contribution in [0.25, 0.3) is 0 Å². The van der Waals surface area contributed by atoms with E-state index in [1.165, 1.54) is 0 Å². The van der Waals surface area contributed by atoms with E-state index >= 15 is 0 Å². The van der Waals surface area contributed by atoms with Gasteiger partial charge in [-0.15, -0.1) is 0 Å². The highest BCUT2D eigenvalue weighted by Gasteiger charge is 1.58. The van der Waals surface area contributed by atoms with E-state index in [9.17, 15) is 0 Å². The predicted molar refractivity (Wildman–Crippen MR) is 35.8 cm³/mol. The molecule has 0 amide bonds. The van der Waals surface area contributed by atoms with Gasteiger partial charge in [0, 0.05) is 12.4 Å². The fraction of sp³-hybridized carbons (Fsp3) is 0. The normalized spacial score (nSPS) is 6.62. The summed E-state index contributed by atoms with van der Waals surface area (Å²) in [6.07, 6.45) is 3.50. The molecule has 1 nitrogen and oxygen atoms in total. The van der Waals surface area contributed by atoms with Crippen LogP contribution in [0.3, 0.4) is 0 Å². The van der Waals surface area contributed by atoms with E-state index in [1.54, 1.807) is 12.4 Å². The van der Waals surface area contributed by atoms with Crippen LogP contribution in [0.1, 0.15) is 0 Å². The van der Waals surface area contributed by atoms with Crippen LogP contribution in [0.4, 0.5) is 0 Å². The number of halogens is 1. The third-order valence-corrected chi connectivity index (χ3v) is 0.566. The van der Waals surface area contributed by atoms with Crippen molar-refractivity contribution < 1.29 is 0 Å². The van der Waals surface area contributed by atoms with Gasteiger partial charge in [-0.1, -0.05) is 6.07 Å². The number of hydrogen-bond acceptors (Lipinski definition) is 1. The minimum Gasteiger partial charge on any atom is -0.265 e. The molecule has 3 heteroatoms. The van der Waals surface area contributed by atoms with Crippen molar-refractivity contribution in [2.45, 2.75) is 0 Å². The summed E-state index contributed by atoms with van der Waals surface area (Å²) < 4.78 is 0. The molecule has 1 rings (SSSR count). The topological polar surface area (TPSA) is 12.9 Å². The third-order valence-electron chi connectivity index (χ3n) is 0.566. The van der Waals surface area contributed by atoms with Gasteiger partial charge in [0.2, 0.25) is 7.26 Å². The summed E-state index contributed by atoms with van der Waals surface area (Å²) in [4.78, 5) is 3.78. The van der Waals surface area contributed by atoms with Crippen LogP contribution in [0, 0.1) is 0 Å². The van der Waals surface area contributed by atoms with E-state index in [1.807, 2.05) is 18.2 Å². The number of pyridine rings is 1. The molecule has 0 saturated carbocycles. The summed E-state index contributed by atoms with van der Waals surface area (Å²) in [6.45, 7) is 0. The largest absolute Gasteiger partial charge is 0.265 e. The van der Waals surface area contributed by atoms with Crippen molar-refractivity contribution >= 4 is 18.7 Å². The van der Waals surface area contributed by atoms with Crippen LogP contribution >= 0.6 is 11.5 Å². The first kappa shape index (κ1) is 7.50. The first-order valence-electron chi connectivity index (χ1n) is 2.07. The Morgan fingerprint density at radius 2 is 1.50 bits per heavy atom. The third kappa shape index (κ3) is 3.69. The van der Waals surface area contributed by atoms with Gasteiger partial charge in [0.05, 0.1) is 0 Å². The minimum absolute atomic E-state index is 1.75. The van der Waals surface area contributed by atoms with Crippen molar-refractivity contribution in [2.24, 2.45) is 0 Å². The van der Waals surface area contributed by atoms with Crippen LogP contribution in [-0.2, 0) is 0 Å². The van der Waals surface area contributed by atoms with Crippen molar-refractivity contribution in [3.8, 4) is 0 Å². The lowest BCUT2D eigenvalue weighted by Gasteiger charge is -1.70. The van der Waals surface area contributed by atoms with Gasteiger partial charge >= 0.3 is 0 Å². The molecule has 1 heterocycles. The molecule has 0 atom stereocenters. The summed E-state index contributed by atoms with van der Waals surface area (Å²) >= 11 is 4.14. The average Bonchev–Trinajstić information content (AvgIpc) is 1.96. The van der Waals surface area contributed by atoms with E-state index in [4.69, 9.17) is 0 Å². The number of nitrogens with zero attached hydrogens (tertiary/aromatic N) is 1. The van der Waals surface area contributed by atoms with E-state index in [-0.39, 0.29) is 0 Å². The molecule has 0 saturated heterocycles. The maximum absolute atomic E-state index is 4.14. The molecule has 1 aromatic rings. The maximum atomic E-state index is 4.14. The Hall–Kier alpha value is -0.495. The Balaban J connectivity index is 0.000000222. The molecular weight excluding hydrogens is 120 g/mol. The molecule has 8 heavy (non-hydrogen) atoms. The lowest BCUT2D eigenvalue weighted by atomic mass is 10.5. The molecule has 1 aromatic heterocycles. The van der Waals surface area contributed by atoms with Gasteiger partial charge in [-0.25, -0.2) is 11.5 Å². The summed E-state index contributed by atoms with van der Waals surface area (Å²) in [7, 11) is 3.97. The number of aromatic nitrogens is 1. The Morgan fingerprint density at radius 3 is 1.62 bits per heavy atom. The average molecular weight is 125 g/mol. The first-order chi connectivity index (χ1) is 4.00. The summed E-state index contributed by atoms with van der Waals surface area (Å²) in [5.41, 5.74) is 0. The summed E-state index contributed by atoms with van der Waals surface area (Å²) in [5.74, 6) is 0. The Labute approximate surface area is 55.0 Å². The van der Waals surface area contributed by atoms with Gasteiger partial charge in [-0.3, -0.25) is 4.98 Å². The molecule has 0 N–H and O–H groups in total. The lowest BCUT2D eigenvalue weighted by Crippen LogP contribution is -1.58. The molecule has 0 aliphatic heterocycles. The monoisotopic (exact) mass is 125 g/mol. The molecular formula is C5H5BClN. The standard InChI is InChI=1S/C5H5N.BCl/c1-2-4-6-5-3-1;1-2/h1-5H;. The molecule has 0 unspecified atom stereocenters. The predicted octanol–water partition coefficient (Wildman–Crippen LogP) is 1.39. The zero-order valence-electron chi connectivity index (χ0n) is 4.29. The highest BCUT2D eigenvalue weighted by molar-refractivity contribution is 6.80. The fourth-order valence-corrected chi connectivity index (χ4v) is 0.313. The fourth-order valence-electron chi connectivity index (χ4n) is 0.313. The molecule has 2 radical (unpaired) electrons. The van der Waals surface area contributed by atoms with Crippen LogP contribution in [0.5, 0.6) is 0 Å². The quantitative estimate of drug-likeness (QED) is 0.478. The van der Waals surface area contributed by atoms with Gasteiger partial charge in [0.25, 0.3) is 0 Å². The lowest BCUT2D eigenvalue weighted by molar-refractivity contribution is 1.33. The smallest absolute Gasteiger partial charge is 0.214 e. The molecule has 40 valence electrons. The van der Waals surface area contributed by atoms with Crippen LogP contribution in [0.15, 0.2) is 30.6 Å². The van der Waals surface area contributed by atoms with E-state index in [0.717, 1.165) is 0 Å². The van der Waals surface area contributed by atoms with Crippen LogP contribution < -0.4 is 0 Å². The molecule has 0 aliphatic carbocycles. The van der Waals surface area contributed by atoms with E-state index in [0.29, 0.717) is 0 Å². The second kappa shape index (κ2) is 6.50. The van der Waals surface area contributed by atoms with Gasteiger partial charge in [-0.05, 0) is 12.1 Å². The van der Waals surface area contributed by atoms with Gasteiger partial charge < -0.3 is 0 Å². The molecule has 0 aromatic carbocycles. The highest BCUT2D eigenvalue weighted by Crippen LogP contribution is 1.73. The van der Waals surface area contributed by atoms with E-state index < -0.39 is 0 Å². The van der Waals surface area contributed by atoms with Crippen molar-refractivity contribution in [2.75, 3.05) is 0 Å². The highest BCUT2D eigenvalue weighted by atomic mass is 35.5. The first-order valence-corrected chi connectivity index (χ1v) is 2.50.